The minimum Gasteiger partial charge on any atom is -0.460 e. The first-order chi connectivity index (χ1) is 21.7. The molecule has 0 saturated heterocycles. The van der Waals surface area contributed by atoms with Gasteiger partial charge in [0.2, 0.25) is 0 Å². The number of hydrogen-bond acceptors (Lipinski definition) is 5. The molecule has 2 aromatic rings. The molecular formula is C40H61NO5Si. The van der Waals surface area contributed by atoms with Crippen LogP contribution in [0.4, 0.5) is 4.79 Å². The van der Waals surface area contributed by atoms with Crippen molar-refractivity contribution in [2.45, 2.75) is 130 Å². The van der Waals surface area contributed by atoms with E-state index in [1.807, 2.05) is 65.8 Å². The fraction of sp³-hybridized carbons (Fsp3) is 0.600. The maximum absolute atomic E-state index is 14.6. The molecular weight excluding hydrogens is 603 g/mol. The predicted molar refractivity (Wildman–Crippen MR) is 196 cm³/mol. The molecule has 5 atom stereocenters. The molecule has 47 heavy (non-hydrogen) atoms. The Bertz CT molecular complexity index is 1330. The molecule has 1 saturated carbocycles. The molecule has 0 bridgehead atoms. The van der Waals surface area contributed by atoms with Gasteiger partial charge in [-0.25, -0.2) is 9.59 Å². The average molecular weight is 664 g/mol. The average Bonchev–Trinajstić information content (AvgIpc) is 2.97. The summed E-state index contributed by atoms with van der Waals surface area (Å²) in [6.45, 7) is 27.8. The van der Waals surface area contributed by atoms with Gasteiger partial charge in [-0.15, -0.1) is 6.58 Å². The summed E-state index contributed by atoms with van der Waals surface area (Å²) in [5, 5.41) is 5.15. The second kappa shape index (κ2) is 15.5. The minimum atomic E-state index is -2.35. The molecule has 1 fully saturated rings. The standard InChI is InChI=1S/C40H61NO5Si/c1-28-23-24-33(40(9,10)30-19-15-13-16-20-30)34(27-28)45-36(42)35(41-37(43)46-39(6,7)8)32(25-26-44-38(3,4)5)29(2)47(11,12)31-21-17-14-18-22-31/h13-22,28,32-35H,2,23-27H2,1,3-12H3,(H,41,43)/t28-,32+,33-,34-,35+/m1/s1. The van der Waals surface area contributed by atoms with Crippen LogP contribution < -0.4 is 10.5 Å². The number of rotatable bonds is 12. The molecule has 0 unspecified atom stereocenters. The van der Waals surface area contributed by atoms with Gasteiger partial charge >= 0.3 is 12.1 Å². The largest absolute Gasteiger partial charge is 0.460 e. The molecule has 260 valence electrons. The fourth-order valence-electron chi connectivity index (χ4n) is 6.88. The second-order valence-electron chi connectivity index (χ2n) is 16.6. The Morgan fingerprint density at radius 1 is 0.894 bits per heavy atom. The maximum atomic E-state index is 14.6. The van der Waals surface area contributed by atoms with Crippen LogP contribution in [0.1, 0.15) is 93.6 Å². The molecule has 0 radical (unpaired) electrons. The topological polar surface area (TPSA) is 73.9 Å². The minimum absolute atomic E-state index is 0.119. The van der Waals surface area contributed by atoms with Crippen molar-refractivity contribution in [2.24, 2.45) is 17.8 Å². The lowest BCUT2D eigenvalue weighted by Gasteiger charge is -2.44. The number of ether oxygens (including phenoxy) is 3. The zero-order chi connectivity index (χ0) is 35.2. The number of carbonyl (C=O) groups excluding carboxylic acids is 2. The highest BCUT2D eigenvalue weighted by atomic mass is 28.3. The van der Waals surface area contributed by atoms with Gasteiger partial charge in [0.1, 0.15) is 25.8 Å². The smallest absolute Gasteiger partial charge is 0.408 e. The van der Waals surface area contributed by atoms with Gasteiger partial charge in [-0.1, -0.05) is 111 Å². The van der Waals surface area contributed by atoms with Gasteiger partial charge in [-0.3, -0.25) is 0 Å². The van der Waals surface area contributed by atoms with Gasteiger partial charge in [0.25, 0.3) is 0 Å². The van der Waals surface area contributed by atoms with Crippen molar-refractivity contribution in [3.8, 4) is 0 Å². The summed E-state index contributed by atoms with van der Waals surface area (Å²) in [7, 11) is -2.35. The number of esters is 1. The van der Waals surface area contributed by atoms with Crippen molar-refractivity contribution in [3.63, 3.8) is 0 Å². The number of alkyl carbamates (subject to hydrolysis) is 1. The summed E-state index contributed by atoms with van der Waals surface area (Å²) >= 11 is 0. The first-order valence-corrected chi connectivity index (χ1v) is 20.4. The molecule has 1 amide bonds. The van der Waals surface area contributed by atoms with Crippen LogP contribution in [0.15, 0.2) is 72.4 Å². The third-order valence-corrected chi connectivity index (χ3v) is 13.6. The SMILES string of the molecule is C=C([C@H](CCOC(C)(C)C)[C@H](NC(=O)OC(C)(C)C)C(=O)O[C@@H]1C[C@H](C)CC[C@H]1C(C)(C)c1ccccc1)[Si](C)(C)c1ccccc1. The van der Waals surface area contributed by atoms with Crippen LogP contribution in [0.3, 0.4) is 0 Å². The van der Waals surface area contributed by atoms with Crippen LogP contribution in [0.5, 0.6) is 0 Å². The van der Waals surface area contributed by atoms with Crippen molar-refractivity contribution in [3.05, 3.63) is 78.0 Å². The van der Waals surface area contributed by atoms with E-state index in [0.717, 1.165) is 24.5 Å². The van der Waals surface area contributed by atoms with Crippen molar-refractivity contribution in [2.75, 3.05) is 6.61 Å². The van der Waals surface area contributed by atoms with E-state index < -0.39 is 37.7 Å². The van der Waals surface area contributed by atoms with E-state index in [1.165, 1.54) is 10.8 Å². The van der Waals surface area contributed by atoms with Crippen molar-refractivity contribution in [1.82, 2.24) is 5.32 Å². The number of carbonyl (C=O) groups is 2. The van der Waals surface area contributed by atoms with Crippen LogP contribution >= 0.6 is 0 Å². The first kappa shape index (κ1) is 38.5. The van der Waals surface area contributed by atoms with Gasteiger partial charge in [0.15, 0.2) is 0 Å². The maximum Gasteiger partial charge on any atom is 0.408 e. The molecule has 1 aliphatic carbocycles. The Balaban J connectivity index is 2.04. The molecule has 6 nitrogen and oxygen atoms in total. The quantitative estimate of drug-likeness (QED) is 0.182. The summed E-state index contributed by atoms with van der Waals surface area (Å²) < 4.78 is 18.5. The van der Waals surface area contributed by atoms with Crippen LogP contribution in [0, 0.1) is 17.8 Å². The summed E-state index contributed by atoms with van der Waals surface area (Å²) in [5.41, 5.74) is -0.0829. The Kier molecular flexibility index (Phi) is 12.7. The van der Waals surface area contributed by atoms with Gasteiger partial charge < -0.3 is 19.5 Å². The van der Waals surface area contributed by atoms with Crippen LogP contribution in [0.2, 0.25) is 13.1 Å². The lowest BCUT2D eigenvalue weighted by molar-refractivity contribution is -0.160. The summed E-state index contributed by atoms with van der Waals surface area (Å²) in [5.74, 6) is -0.332. The second-order valence-corrected chi connectivity index (χ2v) is 21.1. The highest BCUT2D eigenvalue weighted by Crippen LogP contribution is 2.44. The van der Waals surface area contributed by atoms with E-state index in [-0.39, 0.29) is 23.0 Å². The third kappa shape index (κ3) is 10.8. The Morgan fingerprint density at radius 3 is 2.02 bits per heavy atom. The van der Waals surface area contributed by atoms with Crippen LogP contribution in [-0.2, 0) is 24.4 Å². The van der Waals surface area contributed by atoms with E-state index in [4.69, 9.17) is 14.2 Å². The van der Waals surface area contributed by atoms with Crippen molar-refractivity contribution in [1.29, 1.82) is 0 Å². The fourth-order valence-corrected chi connectivity index (χ4v) is 9.52. The van der Waals surface area contributed by atoms with Crippen molar-refractivity contribution < 1.29 is 23.8 Å². The molecule has 2 aromatic carbocycles. The molecule has 0 aliphatic heterocycles. The predicted octanol–water partition coefficient (Wildman–Crippen LogP) is 8.74. The summed E-state index contributed by atoms with van der Waals surface area (Å²) in [6, 6.07) is 19.9. The van der Waals surface area contributed by atoms with Gasteiger partial charge in [0.05, 0.1) is 5.60 Å². The molecule has 3 rings (SSSR count). The van der Waals surface area contributed by atoms with Crippen LogP contribution in [-0.4, -0.2) is 50.1 Å². The normalized spacial score (nSPS) is 20.5. The molecule has 0 heterocycles. The van der Waals surface area contributed by atoms with Crippen molar-refractivity contribution >= 4 is 25.3 Å². The van der Waals surface area contributed by atoms with E-state index in [0.29, 0.717) is 18.9 Å². The van der Waals surface area contributed by atoms with E-state index in [1.54, 1.807) is 0 Å². The van der Waals surface area contributed by atoms with Crippen LogP contribution in [0.25, 0.3) is 0 Å². The lowest BCUT2D eigenvalue weighted by Crippen LogP contribution is -2.55. The first-order valence-electron chi connectivity index (χ1n) is 17.4. The highest BCUT2D eigenvalue weighted by molar-refractivity contribution is 6.95. The third-order valence-electron chi connectivity index (χ3n) is 9.80. The molecule has 7 heteroatoms. The van der Waals surface area contributed by atoms with E-state index in [9.17, 15) is 9.59 Å². The monoisotopic (exact) mass is 663 g/mol. The number of amides is 1. The molecule has 1 N–H and O–H groups in total. The van der Waals surface area contributed by atoms with E-state index in [2.05, 4.69) is 82.2 Å². The van der Waals surface area contributed by atoms with Gasteiger partial charge in [-0.05, 0) is 77.7 Å². The molecule has 0 aromatic heterocycles. The van der Waals surface area contributed by atoms with Gasteiger partial charge in [0, 0.05) is 18.4 Å². The van der Waals surface area contributed by atoms with Gasteiger partial charge in [-0.2, -0.15) is 0 Å². The number of hydrogen-bond donors (Lipinski definition) is 1. The lowest BCUT2D eigenvalue weighted by atomic mass is 9.64. The summed E-state index contributed by atoms with van der Waals surface area (Å²) in [6.07, 6.45) is 2.35. The number of benzene rings is 2. The Labute approximate surface area is 286 Å². The number of nitrogens with one attached hydrogen (secondary N) is 1. The molecule has 0 spiro atoms. The molecule has 1 aliphatic rings. The zero-order valence-corrected chi connectivity index (χ0v) is 31.9. The highest BCUT2D eigenvalue weighted by Gasteiger charge is 2.45. The summed E-state index contributed by atoms with van der Waals surface area (Å²) in [4.78, 5) is 28.1. The Morgan fingerprint density at radius 2 is 1.47 bits per heavy atom. The Hall–Kier alpha value is -2.90. The van der Waals surface area contributed by atoms with E-state index >= 15 is 0 Å². The zero-order valence-electron chi connectivity index (χ0n) is 30.9.